The van der Waals surface area contributed by atoms with Crippen molar-refractivity contribution in [1.29, 1.82) is 0 Å². The summed E-state index contributed by atoms with van der Waals surface area (Å²) in [5.74, 6) is 5.22. The van der Waals surface area contributed by atoms with Gasteiger partial charge >= 0.3 is 0 Å². The van der Waals surface area contributed by atoms with Gasteiger partial charge in [0.05, 0.1) is 11.4 Å². The molecular weight excluding hydrogens is 697 g/mol. The Labute approximate surface area is 332 Å². The molecule has 0 amide bonds. The molecule has 57 heavy (non-hydrogen) atoms. The zero-order valence-electron chi connectivity index (χ0n) is 31.3. The van der Waals surface area contributed by atoms with Crippen LogP contribution in [0.3, 0.4) is 0 Å². The second kappa shape index (κ2) is 12.6. The van der Waals surface area contributed by atoms with Crippen molar-refractivity contribution in [3.63, 3.8) is 0 Å². The number of para-hydroxylation sites is 4. The van der Waals surface area contributed by atoms with Gasteiger partial charge in [-0.25, -0.2) is 15.0 Å². The van der Waals surface area contributed by atoms with E-state index in [1.165, 1.54) is 47.9 Å². The molecule has 7 aromatic carbocycles. The summed E-state index contributed by atoms with van der Waals surface area (Å²) in [6, 6.07) is 60.1. The van der Waals surface area contributed by atoms with Crippen LogP contribution in [0.4, 0.5) is 17.1 Å². The average molecular weight is 735 g/mol. The first-order chi connectivity index (χ1) is 28.2. The highest BCUT2D eigenvalue weighted by Gasteiger charge is 2.56. The van der Waals surface area contributed by atoms with Gasteiger partial charge in [-0.3, -0.25) is 0 Å². The molecule has 2 saturated carbocycles. The predicted octanol–water partition coefficient (Wildman–Crippen LogP) is 13.2. The zero-order chi connectivity index (χ0) is 37.5. The van der Waals surface area contributed by atoms with Crippen molar-refractivity contribution >= 4 is 17.1 Å². The van der Waals surface area contributed by atoms with Crippen LogP contribution in [0.15, 0.2) is 170 Å². The van der Waals surface area contributed by atoms with E-state index in [1.807, 2.05) is 42.5 Å². The predicted molar refractivity (Wildman–Crippen MR) is 228 cm³/mol. The molecule has 1 unspecified atom stereocenters. The van der Waals surface area contributed by atoms with Crippen LogP contribution in [-0.2, 0) is 5.41 Å². The minimum atomic E-state index is 0.0847. The van der Waals surface area contributed by atoms with Crippen molar-refractivity contribution in [2.24, 2.45) is 11.8 Å². The molecule has 3 aliphatic carbocycles. The smallest absolute Gasteiger partial charge is 0.164 e. The van der Waals surface area contributed by atoms with Crippen LogP contribution in [0.2, 0.25) is 0 Å². The van der Waals surface area contributed by atoms with Crippen molar-refractivity contribution in [2.45, 2.75) is 31.1 Å². The summed E-state index contributed by atoms with van der Waals surface area (Å²) in [5, 5.41) is 0. The highest BCUT2D eigenvalue weighted by molar-refractivity contribution is 5.87. The van der Waals surface area contributed by atoms with Gasteiger partial charge in [-0.15, -0.1) is 0 Å². The average Bonchev–Trinajstić information content (AvgIpc) is 3.98. The van der Waals surface area contributed by atoms with Gasteiger partial charge < -0.3 is 9.64 Å². The van der Waals surface area contributed by atoms with Crippen LogP contribution in [0, 0.1) is 11.8 Å². The quantitative estimate of drug-likeness (QED) is 0.176. The van der Waals surface area contributed by atoms with Crippen LogP contribution in [-0.4, -0.2) is 15.0 Å². The van der Waals surface area contributed by atoms with E-state index >= 15 is 0 Å². The molecule has 0 saturated heterocycles. The summed E-state index contributed by atoms with van der Waals surface area (Å²) in [6.45, 7) is 0. The van der Waals surface area contributed by atoms with Crippen molar-refractivity contribution < 1.29 is 4.74 Å². The molecule has 3 atom stereocenters. The van der Waals surface area contributed by atoms with Gasteiger partial charge in [-0.2, -0.15) is 0 Å². The van der Waals surface area contributed by atoms with Crippen LogP contribution < -0.4 is 9.64 Å². The largest absolute Gasteiger partial charge is 0.453 e. The molecule has 2 bridgehead atoms. The normalized spacial score (nSPS) is 19.5. The number of benzene rings is 7. The Morgan fingerprint density at radius 2 is 1.07 bits per heavy atom. The third kappa shape index (κ3) is 5.05. The summed E-state index contributed by atoms with van der Waals surface area (Å²) in [4.78, 5) is 17.8. The fourth-order valence-corrected chi connectivity index (χ4v) is 10.5. The topological polar surface area (TPSA) is 51.1 Å². The molecule has 0 radical (unpaired) electrons. The molecule has 1 spiro atoms. The lowest BCUT2D eigenvalue weighted by Gasteiger charge is -2.36. The molecule has 12 rings (SSSR count). The van der Waals surface area contributed by atoms with E-state index in [0.29, 0.717) is 23.4 Å². The summed E-state index contributed by atoms with van der Waals surface area (Å²) in [6.07, 6.45) is 5.25. The number of aromatic nitrogens is 3. The Morgan fingerprint density at radius 3 is 1.79 bits per heavy atom. The van der Waals surface area contributed by atoms with E-state index in [1.54, 1.807) is 0 Å². The molecule has 8 aromatic rings. The molecule has 5 heteroatoms. The van der Waals surface area contributed by atoms with Crippen LogP contribution in [0.1, 0.15) is 36.8 Å². The summed E-state index contributed by atoms with van der Waals surface area (Å²) in [5.41, 5.74) is 14.1. The van der Waals surface area contributed by atoms with Crippen LogP contribution in [0.25, 0.3) is 56.4 Å². The molecule has 5 nitrogen and oxygen atoms in total. The highest BCUT2D eigenvalue weighted by atomic mass is 16.5. The number of hydrogen-bond donors (Lipinski definition) is 0. The SMILES string of the molecule is c1ccc(-c2nc(-c3cccc(-c4ccc(N5c6ccccc6Oc6ccccc65)cc4)c3)nc(-c3ccc4c(c3)C3(C[C@@H]5CC[C@H]3C5)c3ccccc3-4)n2)cc1. The van der Waals surface area contributed by atoms with Gasteiger partial charge in [-0.05, 0) is 113 Å². The molecule has 2 heterocycles. The van der Waals surface area contributed by atoms with Gasteiger partial charge in [0.1, 0.15) is 0 Å². The Kier molecular flexibility index (Phi) is 7.15. The molecular formula is C52H38N4O. The Bertz CT molecular complexity index is 2820. The molecule has 1 aromatic heterocycles. The number of nitrogens with zero attached hydrogens (tertiary/aromatic N) is 4. The third-order valence-electron chi connectivity index (χ3n) is 13.0. The van der Waals surface area contributed by atoms with Crippen molar-refractivity contribution in [2.75, 3.05) is 4.90 Å². The lowest BCUT2D eigenvalue weighted by atomic mass is 9.66. The van der Waals surface area contributed by atoms with Gasteiger partial charge in [0, 0.05) is 27.8 Å². The monoisotopic (exact) mass is 734 g/mol. The third-order valence-corrected chi connectivity index (χ3v) is 13.0. The first kappa shape index (κ1) is 32.4. The maximum atomic E-state index is 6.26. The highest BCUT2D eigenvalue weighted by Crippen LogP contribution is 2.65. The van der Waals surface area contributed by atoms with Crippen molar-refractivity contribution in [1.82, 2.24) is 15.0 Å². The minimum Gasteiger partial charge on any atom is -0.453 e. The Hall–Kier alpha value is -6.85. The number of rotatable bonds is 5. The fourth-order valence-electron chi connectivity index (χ4n) is 10.5. The molecule has 1 aliphatic heterocycles. The maximum absolute atomic E-state index is 6.26. The molecule has 0 N–H and O–H groups in total. The molecule has 2 fully saturated rings. The van der Waals surface area contributed by atoms with Gasteiger partial charge in [0.15, 0.2) is 29.0 Å². The zero-order valence-corrected chi connectivity index (χ0v) is 31.3. The number of anilines is 3. The lowest BCUT2D eigenvalue weighted by Crippen LogP contribution is -2.31. The standard InChI is InChI=1S/C52H38N4O/c1-2-11-35(12-3-1)49-53-50(55-51(54-49)38-24-28-42-41-15-4-5-16-43(41)52(44(42)31-38)32-33-21-25-39(52)29-33)37-14-10-13-36(30-37)34-22-26-40(27-23-34)56-45-17-6-8-19-47(45)57-48-20-9-7-18-46(48)56/h1-20,22-24,26-28,30-31,33,39H,21,25,29,32H2/t33-,39+,52?/m1/s1. The van der Waals surface area contributed by atoms with Crippen LogP contribution in [0.5, 0.6) is 11.5 Å². The summed E-state index contributed by atoms with van der Waals surface area (Å²) in [7, 11) is 0. The summed E-state index contributed by atoms with van der Waals surface area (Å²) >= 11 is 0. The van der Waals surface area contributed by atoms with Crippen LogP contribution >= 0.6 is 0 Å². The minimum absolute atomic E-state index is 0.0847. The number of ether oxygens (including phenoxy) is 1. The van der Waals surface area contributed by atoms with E-state index in [2.05, 4.69) is 132 Å². The maximum Gasteiger partial charge on any atom is 0.164 e. The Morgan fingerprint density at radius 1 is 0.474 bits per heavy atom. The number of hydrogen-bond acceptors (Lipinski definition) is 5. The number of fused-ring (bicyclic) bond motifs is 10. The second-order valence-corrected chi connectivity index (χ2v) is 16.0. The van der Waals surface area contributed by atoms with E-state index in [4.69, 9.17) is 19.7 Å². The molecule has 272 valence electrons. The van der Waals surface area contributed by atoms with Crippen molar-refractivity contribution in [3.05, 3.63) is 181 Å². The van der Waals surface area contributed by atoms with Gasteiger partial charge in [0.2, 0.25) is 0 Å². The van der Waals surface area contributed by atoms with Gasteiger partial charge in [-0.1, -0.05) is 128 Å². The van der Waals surface area contributed by atoms with Gasteiger partial charge in [0.25, 0.3) is 0 Å². The van der Waals surface area contributed by atoms with E-state index in [0.717, 1.165) is 62.3 Å². The summed E-state index contributed by atoms with van der Waals surface area (Å²) < 4.78 is 6.26. The van der Waals surface area contributed by atoms with Crippen molar-refractivity contribution in [3.8, 4) is 67.9 Å². The Balaban J connectivity index is 0.936. The molecule has 4 aliphatic rings. The first-order valence-corrected chi connectivity index (χ1v) is 20.1. The van der Waals surface area contributed by atoms with E-state index < -0.39 is 0 Å². The van der Waals surface area contributed by atoms with E-state index in [-0.39, 0.29) is 5.41 Å². The fraction of sp³-hybridized carbons (Fsp3) is 0.135. The first-order valence-electron chi connectivity index (χ1n) is 20.1. The van der Waals surface area contributed by atoms with E-state index in [9.17, 15) is 0 Å². The second-order valence-electron chi connectivity index (χ2n) is 16.0. The lowest BCUT2D eigenvalue weighted by molar-refractivity contribution is 0.327.